The van der Waals surface area contributed by atoms with Gasteiger partial charge in [-0.15, -0.1) is 0 Å². The van der Waals surface area contributed by atoms with E-state index in [1.54, 1.807) is 0 Å². The molecule has 0 spiro atoms. The summed E-state index contributed by atoms with van der Waals surface area (Å²) in [5, 5.41) is -0.388. The zero-order chi connectivity index (χ0) is 10.3. The Hall–Kier alpha value is -1.78. The predicted octanol–water partition coefficient (Wildman–Crippen LogP) is 2.23. The highest BCUT2D eigenvalue weighted by Gasteiger charge is 2.14. The van der Waals surface area contributed by atoms with Crippen LogP contribution in [0.25, 0.3) is 10.8 Å². The molecule has 0 aliphatic carbocycles. The Kier molecular flexibility index (Phi) is 1.80. The third-order valence-corrected chi connectivity index (χ3v) is 1.92. The molecule has 0 atom stereocenters. The van der Waals surface area contributed by atoms with Crippen molar-refractivity contribution < 1.29 is 13.2 Å². The van der Waals surface area contributed by atoms with Gasteiger partial charge in [0, 0.05) is 17.6 Å². The van der Waals surface area contributed by atoms with Gasteiger partial charge in [0.15, 0.2) is 11.6 Å². The molecule has 0 saturated heterocycles. The van der Waals surface area contributed by atoms with Crippen LogP contribution in [0.2, 0.25) is 0 Å². The summed E-state index contributed by atoms with van der Waals surface area (Å²) in [5.41, 5.74) is 5.31. The van der Waals surface area contributed by atoms with Gasteiger partial charge >= 0.3 is 0 Å². The fraction of sp³-hybridized carbons (Fsp3) is 0. The molecule has 0 radical (unpaired) electrons. The van der Waals surface area contributed by atoms with Gasteiger partial charge in [0.05, 0.1) is 5.39 Å². The molecule has 0 amide bonds. The lowest BCUT2D eigenvalue weighted by atomic mass is 10.1. The second-order valence-corrected chi connectivity index (χ2v) is 2.77. The minimum atomic E-state index is -1.27. The number of nitrogens with zero attached hydrogens (tertiary/aromatic N) is 1. The third-order valence-electron chi connectivity index (χ3n) is 1.92. The molecule has 2 aromatic rings. The topological polar surface area (TPSA) is 38.9 Å². The molecule has 2 N–H and O–H groups in total. The van der Waals surface area contributed by atoms with Crippen LogP contribution < -0.4 is 5.73 Å². The van der Waals surface area contributed by atoms with E-state index in [0.29, 0.717) is 6.07 Å². The minimum Gasteiger partial charge on any atom is -0.383 e. The van der Waals surface area contributed by atoms with Crippen molar-refractivity contribution in [1.82, 2.24) is 4.98 Å². The zero-order valence-corrected chi connectivity index (χ0v) is 6.89. The molecule has 1 heterocycles. The van der Waals surface area contributed by atoms with E-state index in [2.05, 4.69) is 4.98 Å². The van der Waals surface area contributed by atoms with Crippen LogP contribution in [0.5, 0.6) is 0 Å². The van der Waals surface area contributed by atoms with Crippen molar-refractivity contribution in [3.05, 3.63) is 35.8 Å². The molecule has 0 bridgehead atoms. The van der Waals surface area contributed by atoms with Gasteiger partial charge in [0.1, 0.15) is 11.6 Å². The van der Waals surface area contributed by atoms with E-state index in [1.807, 2.05) is 0 Å². The number of hydrogen-bond acceptors (Lipinski definition) is 2. The van der Waals surface area contributed by atoms with Gasteiger partial charge in [-0.1, -0.05) is 0 Å². The van der Waals surface area contributed by atoms with E-state index in [9.17, 15) is 13.2 Å². The number of nitrogen functional groups attached to an aromatic ring is 1. The van der Waals surface area contributed by atoms with E-state index in [0.717, 1.165) is 0 Å². The van der Waals surface area contributed by atoms with Crippen LogP contribution in [-0.2, 0) is 0 Å². The van der Waals surface area contributed by atoms with Gasteiger partial charge < -0.3 is 5.73 Å². The van der Waals surface area contributed by atoms with Crippen LogP contribution in [0.15, 0.2) is 18.3 Å². The normalized spacial score (nSPS) is 10.8. The molecule has 1 aromatic carbocycles. The summed E-state index contributed by atoms with van der Waals surface area (Å²) < 4.78 is 39.1. The van der Waals surface area contributed by atoms with Gasteiger partial charge in [-0.25, -0.2) is 18.2 Å². The molecule has 0 aliphatic heterocycles. The lowest BCUT2D eigenvalue weighted by Crippen LogP contribution is -1.97. The van der Waals surface area contributed by atoms with Crippen LogP contribution in [-0.4, -0.2) is 4.98 Å². The lowest BCUT2D eigenvalue weighted by molar-refractivity contribution is 0.506. The molecule has 0 saturated carbocycles. The first kappa shape index (κ1) is 8.80. The van der Waals surface area contributed by atoms with Crippen molar-refractivity contribution in [2.75, 3.05) is 5.73 Å². The van der Waals surface area contributed by atoms with Crippen molar-refractivity contribution in [2.24, 2.45) is 0 Å². The Morgan fingerprint density at radius 1 is 1.14 bits per heavy atom. The Morgan fingerprint density at radius 3 is 2.57 bits per heavy atom. The van der Waals surface area contributed by atoms with Crippen molar-refractivity contribution in [2.45, 2.75) is 0 Å². The van der Waals surface area contributed by atoms with Crippen LogP contribution in [0.4, 0.5) is 19.0 Å². The van der Waals surface area contributed by atoms with Crippen molar-refractivity contribution in [3.63, 3.8) is 0 Å². The lowest BCUT2D eigenvalue weighted by Gasteiger charge is -2.03. The number of anilines is 1. The standard InChI is InChI=1S/C9H5F3N2/c10-5-3-6(11)8(12)7-4(5)1-2-14-9(7)13/h1-3H,(H2,13,14). The number of hydrogen-bond donors (Lipinski definition) is 1. The Balaban J connectivity index is 3.03. The van der Waals surface area contributed by atoms with Gasteiger partial charge in [0.25, 0.3) is 0 Å². The summed E-state index contributed by atoms with van der Waals surface area (Å²) in [4.78, 5) is 3.55. The quantitative estimate of drug-likeness (QED) is 0.659. The summed E-state index contributed by atoms with van der Waals surface area (Å²) in [6.45, 7) is 0. The van der Waals surface area contributed by atoms with E-state index < -0.39 is 17.5 Å². The van der Waals surface area contributed by atoms with Gasteiger partial charge in [-0.2, -0.15) is 0 Å². The maximum absolute atomic E-state index is 13.2. The Bertz CT molecular complexity index is 511. The predicted molar refractivity (Wildman–Crippen MR) is 46.0 cm³/mol. The van der Waals surface area contributed by atoms with Gasteiger partial charge in [-0.3, -0.25) is 0 Å². The largest absolute Gasteiger partial charge is 0.383 e. The van der Waals surface area contributed by atoms with Crippen LogP contribution >= 0.6 is 0 Å². The minimum absolute atomic E-state index is 0.0728. The summed E-state index contributed by atoms with van der Waals surface area (Å²) in [6, 6.07) is 1.72. The van der Waals surface area contributed by atoms with Crippen LogP contribution in [0, 0.1) is 17.5 Å². The van der Waals surface area contributed by atoms with Crippen molar-refractivity contribution >= 4 is 16.6 Å². The number of halogens is 3. The fourth-order valence-corrected chi connectivity index (χ4v) is 1.28. The summed E-state index contributed by atoms with van der Waals surface area (Å²) in [6.07, 6.45) is 1.23. The maximum Gasteiger partial charge on any atom is 0.170 e. The van der Waals surface area contributed by atoms with E-state index >= 15 is 0 Å². The monoisotopic (exact) mass is 198 g/mol. The summed E-state index contributed by atoms with van der Waals surface area (Å²) >= 11 is 0. The number of nitrogens with two attached hydrogens (primary N) is 1. The number of aromatic nitrogens is 1. The molecule has 0 unspecified atom stereocenters. The molecule has 2 rings (SSSR count). The number of fused-ring (bicyclic) bond motifs is 1. The maximum atomic E-state index is 13.2. The number of pyridine rings is 1. The first-order valence-corrected chi connectivity index (χ1v) is 3.79. The van der Waals surface area contributed by atoms with Crippen LogP contribution in [0.1, 0.15) is 0 Å². The molecule has 72 valence electrons. The molecule has 14 heavy (non-hydrogen) atoms. The molecule has 1 aromatic heterocycles. The van der Waals surface area contributed by atoms with E-state index in [4.69, 9.17) is 5.73 Å². The molecule has 0 fully saturated rings. The van der Waals surface area contributed by atoms with E-state index in [1.165, 1.54) is 12.3 Å². The molecular formula is C9H5F3N2. The second kappa shape index (κ2) is 2.87. The first-order valence-electron chi connectivity index (χ1n) is 3.79. The average Bonchev–Trinajstić information content (AvgIpc) is 2.14. The van der Waals surface area contributed by atoms with Crippen LogP contribution in [0.3, 0.4) is 0 Å². The fourth-order valence-electron chi connectivity index (χ4n) is 1.28. The molecule has 0 aliphatic rings. The molecule has 5 heteroatoms. The Labute approximate surface area is 77.2 Å². The average molecular weight is 198 g/mol. The number of rotatable bonds is 0. The van der Waals surface area contributed by atoms with Crippen molar-refractivity contribution in [3.8, 4) is 0 Å². The highest BCUT2D eigenvalue weighted by Crippen LogP contribution is 2.26. The van der Waals surface area contributed by atoms with E-state index in [-0.39, 0.29) is 16.6 Å². The Morgan fingerprint density at radius 2 is 1.86 bits per heavy atom. The highest BCUT2D eigenvalue weighted by atomic mass is 19.2. The SMILES string of the molecule is Nc1nccc2c(F)cc(F)c(F)c12. The third kappa shape index (κ3) is 1.09. The smallest absolute Gasteiger partial charge is 0.170 e. The summed E-state index contributed by atoms with van der Waals surface area (Å²) in [5.74, 6) is -3.52. The van der Waals surface area contributed by atoms with Gasteiger partial charge in [-0.05, 0) is 6.07 Å². The zero-order valence-electron chi connectivity index (χ0n) is 6.89. The highest BCUT2D eigenvalue weighted by molar-refractivity contribution is 5.91. The van der Waals surface area contributed by atoms with Crippen molar-refractivity contribution in [1.29, 1.82) is 0 Å². The molecular weight excluding hydrogens is 193 g/mol. The molecule has 2 nitrogen and oxygen atoms in total. The summed E-state index contributed by atoms with van der Waals surface area (Å²) in [7, 11) is 0. The first-order chi connectivity index (χ1) is 6.61. The van der Waals surface area contributed by atoms with Gasteiger partial charge in [0.2, 0.25) is 0 Å². The second-order valence-electron chi connectivity index (χ2n) is 2.77. The number of benzene rings is 1.